The third-order valence-corrected chi connectivity index (χ3v) is 2.21. The fourth-order valence-corrected chi connectivity index (χ4v) is 1.45. The van der Waals surface area contributed by atoms with Crippen LogP contribution in [0, 0.1) is 5.41 Å². The molecule has 0 aromatic heterocycles. The monoisotopic (exact) mass is 219 g/mol. The summed E-state index contributed by atoms with van der Waals surface area (Å²) in [5, 5.41) is 16.1. The maximum absolute atomic E-state index is 9.10. The maximum atomic E-state index is 9.10. The van der Waals surface area contributed by atoms with Gasteiger partial charge in [-0.15, -0.1) is 0 Å². The second-order valence-electron chi connectivity index (χ2n) is 4.54. The van der Waals surface area contributed by atoms with Crippen molar-refractivity contribution in [2.45, 2.75) is 20.8 Å². The molecule has 0 amide bonds. The van der Waals surface area contributed by atoms with Crippen LogP contribution in [0.3, 0.4) is 0 Å². The number of hydrazone groups is 1. The van der Waals surface area contributed by atoms with Gasteiger partial charge in [0.15, 0.2) is 0 Å². The molecule has 0 saturated heterocycles. The first-order valence-corrected chi connectivity index (χ1v) is 5.07. The summed E-state index contributed by atoms with van der Waals surface area (Å²) in [6, 6.07) is 9.35. The van der Waals surface area contributed by atoms with Crippen LogP contribution in [0.2, 0.25) is 0 Å². The van der Waals surface area contributed by atoms with E-state index in [9.17, 15) is 0 Å². The summed E-state index contributed by atoms with van der Waals surface area (Å²) in [5.41, 5.74) is 1.51. The van der Waals surface area contributed by atoms with Crippen molar-refractivity contribution in [1.29, 1.82) is 0 Å². The minimum atomic E-state index is -0.272. The van der Waals surface area contributed by atoms with E-state index >= 15 is 0 Å². The normalized spacial score (nSPS) is 13.9. The van der Waals surface area contributed by atoms with Gasteiger partial charge in [0, 0.05) is 11.0 Å². The van der Waals surface area contributed by atoms with Crippen molar-refractivity contribution in [1.82, 2.24) is 0 Å². The Morgan fingerprint density at radius 3 is 2.12 bits per heavy atom. The highest BCUT2D eigenvalue weighted by Crippen LogP contribution is 2.19. The van der Waals surface area contributed by atoms with Gasteiger partial charge in [-0.2, -0.15) is 5.10 Å². The molecule has 0 aliphatic heterocycles. The molecule has 1 aromatic rings. The minimum absolute atomic E-state index is 0.272. The fraction of sp³-hybridized carbons (Fsp3) is 0.333. The lowest BCUT2D eigenvalue weighted by Crippen LogP contribution is -2.31. The summed E-state index contributed by atoms with van der Waals surface area (Å²) in [6.45, 7) is 5.90. The van der Waals surface area contributed by atoms with E-state index in [2.05, 4.69) is 10.3 Å². The van der Waals surface area contributed by atoms with Crippen molar-refractivity contribution in [3.63, 3.8) is 0 Å². The van der Waals surface area contributed by atoms with Gasteiger partial charge in [-0.05, 0) is 0 Å². The first-order chi connectivity index (χ1) is 7.50. The third-order valence-electron chi connectivity index (χ3n) is 2.21. The van der Waals surface area contributed by atoms with Crippen molar-refractivity contribution in [2.24, 2.45) is 21.5 Å². The lowest BCUT2D eigenvalue weighted by molar-refractivity contribution is 0.320. The van der Waals surface area contributed by atoms with E-state index in [-0.39, 0.29) is 5.41 Å². The van der Waals surface area contributed by atoms with Crippen LogP contribution in [0.5, 0.6) is 0 Å². The van der Waals surface area contributed by atoms with Gasteiger partial charge in [-0.25, -0.2) is 0 Å². The van der Waals surface area contributed by atoms with Crippen molar-refractivity contribution < 1.29 is 5.21 Å². The highest BCUT2D eigenvalue weighted by molar-refractivity contribution is 6.49. The molecule has 0 bridgehead atoms. The Kier molecular flexibility index (Phi) is 3.66. The summed E-state index contributed by atoms with van der Waals surface area (Å²) in [4.78, 5) is 0. The number of nitrogens with two attached hydrogens (primary N) is 1. The first kappa shape index (κ1) is 12.2. The summed E-state index contributed by atoms with van der Waals surface area (Å²) in [7, 11) is 0. The number of nitrogens with zero attached hydrogens (tertiary/aromatic N) is 2. The van der Waals surface area contributed by atoms with E-state index in [0.29, 0.717) is 11.4 Å². The van der Waals surface area contributed by atoms with E-state index in [0.717, 1.165) is 5.56 Å². The van der Waals surface area contributed by atoms with E-state index in [1.165, 1.54) is 0 Å². The van der Waals surface area contributed by atoms with Crippen molar-refractivity contribution in [3.8, 4) is 0 Å². The summed E-state index contributed by atoms with van der Waals surface area (Å²) >= 11 is 0. The standard InChI is InChI=1S/C12H17N3O/c1-12(2,3)11(14-13)10(15-16)9-7-5-4-6-8-9/h4-8,16H,13H2,1-3H3. The van der Waals surface area contributed by atoms with Crippen LogP contribution in [-0.2, 0) is 0 Å². The molecule has 0 saturated carbocycles. The molecule has 0 fully saturated rings. The highest BCUT2D eigenvalue weighted by Gasteiger charge is 2.25. The SMILES string of the molecule is CC(C)(C)C(=NN)C(=NO)c1ccccc1. The van der Waals surface area contributed by atoms with Gasteiger partial charge in [0.25, 0.3) is 0 Å². The molecule has 1 rings (SSSR count). The Labute approximate surface area is 95.5 Å². The number of rotatable bonds is 2. The zero-order chi connectivity index (χ0) is 12.2. The van der Waals surface area contributed by atoms with Crippen molar-refractivity contribution >= 4 is 11.4 Å². The Morgan fingerprint density at radius 2 is 1.75 bits per heavy atom. The fourth-order valence-electron chi connectivity index (χ4n) is 1.45. The molecular weight excluding hydrogens is 202 g/mol. The molecule has 86 valence electrons. The van der Waals surface area contributed by atoms with Crippen LogP contribution in [-0.4, -0.2) is 16.6 Å². The topological polar surface area (TPSA) is 71.0 Å². The van der Waals surface area contributed by atoms with Crippen molar-refractivity contribution in [3.05, 3.63) is 35.9 Å². The minimum Gasteiger partial charge on any atom is -0.410 e. The predicted molar refractivity (Wildman–Crippen MR) is 65.8 cm³/mol. The average Bonchev–Trinajstić information content (AvgIpc) is 2.25. The van der Waals surface area contributed by atoms with E-state index in [4.69, 9.17) is 11.0 Å². The molecule has 0 aliphatic rings. The lowest BCUT2D eigenvalue weighted by atomic mass is 9.85. The number of oxime groups is 1. The lowest BCUT2D eigenvalue weighted by Gasteiger charge is -2.21. The van der Waals surface area contributed by atoms with Crippen molar-refractivity contribution in [2.75, 3.05) is 0 Å². The molecule has 0 heterocycles. The molecule has 3 N–H and O–H groups in total. The van der Waals surface area contributed by atoms with Gasteiger partial charge < -0.3 is 11.0 Å². The molecule has 0 spiro atoms. The third kappa shape index (κ3) is 2.59. The number of hydrogen-bond acceptors (Lipinski definition) is 4. The number of hydrogen-bond donors (Lipinski definition) is 2. The molecule has 0 aliphatic carbocycles. The van der Waals surface area contributed by atoms with Gasteiger partial charge in [0.2, 0.25) is 0 Å². The first-order valence-electron chi connectivity index (χ1n) is 5.07. The van der Waals surface area contributed by atoms with Gasteiger partial charge in [-0.1, -0.05) is 56.3 Å². The van der Waals surface area contributed by atoms with Crippen LogP contribution in [0.15, 0.2) is 40.6 Å². The van der Waals surface area contributed by atoms with Gasteiger partial charge in [-0.3, -0.25) is 0 Å². The van der Waals surface area contributed by atoms with E-state index < -0.39 is 0 Å². The Balaban J connectivity index is 3.20. The Bertz CT molecular complexity index is 402. The van der Waals surface area contributed by atoms with Crippen LogP contribution in [0.1, 0.15) is 26.3 Å². The van der Waals surface area contributed by atoms with Gasteiger partial charge in [0.05, 0.1) is 5.71 Å². The van der Waals surface area contributed by atoms with Crippen LogP contribution >= 0.6 is 0 Å². The van der Waals surface area contributed by atoms with Crippen LogP contribution in [0.4, 0.5) is 0 Å². The van der Waals surface area contributed by atoms with Gasteiger partial charge >= 0.3 is 0 Å². The maximum Gasteiger partial charge on any atom is 0.133 e. The predicted octanol–water partition coefficient (Wildman–Crippen LogP) is 2.23. The molecule has 1 aromatic carbocycles. The Hall–Kier alpha value is -1.84. The summed E-state index contributed by atoms with van der Waals surface area (Å²) in [6.07, 6.45) is 0. The van der Waals surface area contributed by atoms with Crippen LogP contribution < -0.4 is 5.84 Å². The second-order valence-corrected chi connectivity index (χ2v) is 4.54. The van der Waals surface area contributed by atoms with Gasteiger partial charge in [0.1, 0.15) is 5.71 Å². The van der Waals surface area contributed by atoms with Crippen LogP contribution in [0.25, 0.3) is 0 Å². The second kappa shape index (κ2) is 4.79. The largest absolute Gasteiger partial charge is 0.410 e. The zero-order valence-electron chi connectivity index (χ0n) is 9.81. The molecule has 4 heteroatoms. The zero-order valence-corrected chi connectivity index (χ0v) is 9.81. The number of benzene rings is 1. The quantitative estimate of drug-likeness (QED) is 0.346. The smallest absolute Gasteiger partial charge is 0.133 e. The highest BCUT2D eigenvalue weighted by atomic mass is 16.4. The summed E-state index contributed by atoms with van der Waals surface area (Å²) in [5.74, 6) is 5.37. The molecular formula is C12H17N3O. The molecule has 0 radical (unpaired) electrons. The van der Waals surface area contributed by atoms with E-state index in [1.807, 2.05) is 51.1 Å². The molecule has 4 nitrogen and oxygen atoms in total. The molecule has 0 unspecified atom stereocenters. The molecule has 16 heavy (non-hydrogen) atoms. The Morgan fingerprint density at radius 1 is 1.19 bits per heavy atom. The van der Waals surface area contributed by atoms with E-state index in [1.54, 1.807) is 0 Å². The summed E-state index contributed by atoms with van der Waals surface area (Å²) < 4.78 is 0. The molecule has 0 atom stereocenters. The average molecular weight is 219 g/mol.